The van der Waals surface area contributed by atoms with Crippen molar-refractivity contribution in [2.45, 2.75) is 5.92 Å². The molecule has 0 N–H and O–H groups in total. The molecule has 0 fully saturated rings. The van der Waals surface area contributed by atoms with Crippen LogP contribution in [0.25, 0.3) is 0 Å². The topological polar surface area (TPSA) is 47.6 Å². The maximum Gasteiger partial charge on any atom is 0.141 e. The largest absolute Gasteiger partial charge is 0.206 e. The lowest BCUT2D eigenvalue weighted by Crippen LogP contribution is -2.02. The highest BCUT2D eigenvalue weighted by atomic mass is 35.5. The van der Waals surface area contributed by atoms with E-state index in [9.17, 15) is 9.65 Å². The van der Waals surface area contributed by atoms with Crippen molar-refractivity contribution >= 4 is 11.6 Å². The van der Waals surface area contributed by atoms with Crippen LogP contribution in [0.15, 0.2) is 42.5 Å². The lowest BCUT2D eigenvalue weighted by molar-refractivity contribution is 0.621. The Labute approximate surface area is 115 Å². The summed E-state index contributed by atoms with van der Waals surface area (Å²) in [7, 11) is 0. The van der Waals surface area contributed by atoms with Gasteiger partial charge in [0, 0.05) is 5.02 Å². The molecular weight excluding hydrogens is 263 g/mol. The zero-order valence-corrected chi connectivity index (χ0v) is 10.5. The minimum Gasteiger partial charge on any atom is -0.206 e. The molecule has 0 spiro atoms. The number of halogens is 2. The highest BCUT2D eigenvalue weighted by Gasteiger charge is 2.19. The second-order valence-corrected chi connectivity index (χ2v) is 4.37. The Bertz CT molecular complexity index is 681. The van der Waals surface area contributed by atoms with Gasteiger partial charge in [0.2, 0.25) is 0 Å². The van der Waals surface area contributed by atoms with Gasteiger partial charge in [-0.2, -0.15) is 10.5 Å². The van der Waals surface area contributed by atoms with Crippen LogP contribution >= 0.6 is 11.6 Å². The number of hydrogen-bond donors (Lipinski definition) is 0. The fourth-order valence-corrected chi connectivity index (χ4v) is 2.00. The van der Waals surface area contributed by atoms with Crippen LogP contribution in [0.2, 0.25) is 5.02 Å². The van der Waals surface area contributed by atoms with E-state index in [2.05, 4.69) is 6.07 Å². The molecule has 1 unspecified atom stereocenters. The third-order valence-corrected chi connectivity index (χ3v) is 3.05. The first-order valence-corrected chi connectivity index (χ1v) is 5.88. The zero-order valence-electron chi connectivity index (χ0n) is 9.77. The Morgan fingerprint density at radius 2 is 1.74 bits per heavy atom. The van der Waals surface area contributed by atoms with Crippen LogP contribution in [0.5, 0.6) is 0 Å². The summed E-state index contributed by atoms with van der Waals surface area (Å²) in [6, 6.07) is 14.9. The zero-order chi connectivity index (χ0) is 13.8. The first kappa shape index (κ1) is 13.1. The van der Waals surface area contributed by atoms with E-state index in [-0.39, 0.29) is 5.56 Å². The summed E-state index contributed by atoms with van der Waals surface area (Å²) in [5.41, 5.74) is 0.949. The van der Waals surface area contributed by atoms with Crippen LogP contribution in [0.3, 0.4) is 0 Å². The van der Waals surface area contributed by atoms with Crippen LogP contribution in [-0.4, -0.2) is 0 Å². The van der Waals surface area contributed by atoms with Crippen LogP contribution < -0.4 is 0 Å². The fraction of sp³-hybridized carbons (Fsp3) is 0.0667. The third-order valence-electron chi connectivity index (χ3n) is 2.80. The van der Waals surface area contributed by atoms with Crippen LogP contribution in [0.4, 0.5) is 4.39 Å². The summed E-state index contributed by atoms with van der Waals surface area (Å²) in [6.07, 6.45) is 0. The van der Waals surface area contributed by atoms with Gasteiger partial charge in [0.1, 0.15) is 11.9 Å². The van der Waals surface area contributed by atoms with Crippen LogP contribution in [0, 0.1) is 28.5 Å². The van der Waals surface area contributed by atoms with Crippen molar-refractivity contribution in [3.63, 3.8) is 0 Å². The first-order valence-electron chi connectivity index (χ1n) is 5.51. The summed E-state index contributed by atoms with van der Waals surface area (Å²) in [5.74, 6) is -1.31. The van der Waals surface area contributed by atoms with Gasteiger partial charge in [-0.15, -0.1) is 0 Å². The number of nitrogens with zero attached hydrogens (tertiary/aromatic N) is 2. The second kappa shape index (κ2) is 5.52. The molecule has 0 aromatic heterocycles. The molecule has 4 heteroatoms. The Morgan fingerprint density at radius 1 is 1.05 bits per heavy atom. The van der Waals surface area contributed by atoms with Gasteiger partial charge in [-0.25, -0.2) is 4.39 Å². The van der Waals surface area contributed by atoms with Gasteiger partial charge in [-0.3, -0.25) is 0 Å². The monoisotopic (exact) mass is 270 g/mol. The number of rotatable bonds is 2. The fourth-order valence-electron chi connectivity index (χ4n) is 1.88. The second-order valence-electron chi connectivity index (χ2n) is 3.93. The van der Waals surface area contributed by atoms with Gasteiger partial charge < -0.3 is 0 Å². The Balaban J connectivity index is 2.56. The molecule has 2 aromatic rings. The van der Waals surface area contributed by atoms with E-state index < -0.39 is 11.7 Å². The minimum atomic E-state index is -0.692. The van der Waals surface area contributed by atoms with E-state index in [1.165, 1.54) is 12.1 Å². The Hall–Kier alpha value is -2.36. The van der Waals surface area contributed by atoms with Crippen molar-refractivity contribution in [2.24, 2.45) is 0 Å². The lowest BCUT2D eigenvalue weighted by atomic mass is 9.89. The highest BCUT2D eigenvalue weighted by molar-refractivity contribution is 6.30. The molecule has 0 amide bonds. The summed E-state index contributed by atoms with van der Waals surface area (Å²) >= 11 is 5.79. The van der Waals surface area contributed by atoms with Crippen LogP contribution in [-0.2, 0) is 0 Å². The third kappa shape index (κ3) is 2.57. The molecule has 0 heterocycles. The van der Waals surface area contributed by atoms with Gasteiger partial charge >= 0.3 is 0 Å². The lowest BCUT2D eigenvalue weighted by Gasteiger charge is -2.12. The van der Waals surface area contributed by atoms with Crippen molar-refractivity contribution in [1.29, 1.82) is 10.5 Å². The molecule has 0 aliphatic rings. The molecular formula is C15H8ClFN2. The van der Waals surface area contributed by atoms with Crippen LogP contribution in [0.1, 0.15) is 22.6 Å². The molecule has 19 heavy (non-hydrogen) atoms. The molecule has 0 aliphatic carbocycles. The van der Waals surface area contributed by atoms with Gasteiger partial charge in [0.15, 0.2) is 0 Å². The molecule has 2 nitrogen and oxygen atoms in total. The summed E-state index contributed by atoms with van der Waals surface area (Å²) in [6.45, 7) is 0. The predicted octanol–water partition coefficient (Wildman–Crippen LogP) is 4.01. The molecule has 2 rings (SSSR count). The van der Waals surface area contributed by atoms with E-state index in [4.69, 9.17) is 16.9 Å². The van der Waals surface area contributed by atoms with E-state index in [0.29, 0.717) is 16.1 Å². The normalized spacial score (nSPS) is 11.4. The number of hydrogen-bond acceptors (Lipinski definition) is 2. The van der Waals surface area contributed by atoms with Crippen molar-refractivity contribution < 1.29 is 4.39 Å². The molecule has 92 valence electrons. The van der Waals surface area contributed by atoms with E-state index >= 15 is 0 Å². The predicted molar refractivity (Wildman–Crippen MR) is 70.0 cm³/mol. The average Bonchev–Trinajstić information content (AvgIpc) is 2.42. The molecule has 2 aromatic carbocycles. The summed E-state index contributed by atoms with van der Waals surface area (Å²) in [4.78, 5) is 0. The number of benzene rings is 2. The van der Waals surface area contributed by atoms with Crippen molar-refractivity contribution in [3.05, 3.63) is 70.0 Å². The Morgan fingerprint density at radius 3 is 2.32 bits per heavy atom. The first-order chi connectivity index (χ1) is 9.17. The molecule has 1 atom stereocenters. The molecule has 0 bridgehead atoms. The molecule has 0 saturated heterocycles. The van der Waals surface area contributed by atoms with Gasteiger partial charge in [-0.05, 0) is 29.3 Å². The molecule has 0 radical (unpaired) electrons. The summed E-state index contributed by atoms with van der Waals surface area (Å²) in [5, 5.41) is 18.9. The number of nitriles is 2. The standard InChI is InChI=1S/C15H8ClFN2/c16-11-6-4-10(5-7-11)13(8-18)12-2-1-3-15(17)14(12)9-19/h1-7,13H. The van der Waals surface area contributed by atoms with Gasteiger partial charge in [-0.1, -0.05) is 35.9 Å². The molecule has 0 saturated carbocycles. The molecule has 0 aliphatic heterocycles. The highest BCUT2D eigenvalue weighted by Crippen LogP contribution is 2.28. The van der Waals surface area contributed by atoms with Crippen molar-refractivity contribution in [1.82, 2.24) is 0 Å². The van der Waals surface area contributed by atoms with E-state index in [1.807, 2.05) is 6.07 Å². The minimum absolute atomic E-state index is 0.0935. The average molecular weight is 271 g/mol. The smallest absolute Gasteiger partial charge is 0.141 e. The van der Waals surface area contributed by atoms with Crippen molar-refractivity contribution in [2.75, 3.05) is 0 Å². The maximum absolute atomic E-state index is 13.6. The quantitative estimate of drug-likeness (QED) is 0.828. The Kier molecular flexibility index (Phi) is 3.80. The van der Waals surface area contributed by atoms with E-state index in [0.717, 1.165) is 0 Å². The van der Waals surface area contributed by atoms with E-state index in [1.54, 1.807) is 30.3 Å². The van der Waals surface area contributed by atoms with Gasteiger partial charge in [0.25, 0.3) is 0 Å². The SMILES string of the molecule is N#Cc1c(F)cccc1C(C#N)c1ccc(Cl)cc1. The maximum atomic E-state index is 13.6. The van der Waals surface area contributed by atoms with Gasteiger partial charge in [0.05, 0.1) is 17.6 Å². The van der Waals surface area contributed by atoms with Crippen molar-refractivity contribution in [3.8, 4) is 12.1 Å². The summed E-state index contributed by atoms with van der Waals surface area (Å²) < 4.78 is 13.6.